The molecule has 0 saturated carbocycles. The summed E-state index contributed by atoms with van der Waals surface area (Å²) in [5.41, 5.74) is 0.866. The first-order valence-electron chi connectivity index (χ1n) is 3.61. The Labute approximate surface area is 101 Å². The van der Waals surface area contributed by atoms with Crippen LogP contribution in [0.4, 0.5) is 0 Å². The molecule has 0 bridgehead atoms. The van der Waals surface area contributed by atoms with Crippen LogP contribution >= 0.6 is 43.5 Å². The van der Waals surface area contributed by atoms with Crippen LogP contribution < -0.4 is 0 Å². The van der Waals surface area contributed by atoms with Gasteiger partial charge in [0, 0.05) is 10.7 Å². The maximum absolute atomic E-state index is 10.6. The van der Waals surface area contributed by atoms with Crippen molar-refractivity contribution >= 4 is 55.4 Å². The topological polar surface area (TPSA) is 34.4 Å². The highest BCUT2D eigenvalue weighted by Crippen LogP contribution is 2.26. The number of carbonyl (C=O) groups excluding carboxylic acids is 1. The lowest BCUT2D eigenvalue weighted by Crippen LogP contribution is -1.85. The average Bonchev–Trinajstić information content (AvgIpc) is 2.44. The van der Waals surface area contributed by atoms with Crippen LogP contribution in [-0.2, 0) is 0 Å². The van der Waals surface area contributed by atoms with E-state index in [4.69, 9.17) is 11.6 Å². The Bertz CT molecular complexity index is 524. The van der Waals surface area contributed by atoms with Gasteiger partial charge in [0.1, 0.15) is 10.8 Å². The first-order chi connectivity index (χ1) is 6.63. The normalized spacial score (nSPS) is 10.8. The van der Waals surface area contributed by atoms with Crippen LogP contribution in [0.5, 0.6) is 0 Å². The maximum Gasteiger partial charge on any atom is 0.171 e. The molecule has 0 amide bonds. The Balaban J connectivity index is 2.91. The van der Waals surface area contributed by atoms with Crippen molar-refractivity contribution in [1.29, 1.82) is 0 Å². The summed E-state index contributed by atoms with van der Waals surface area (Å²) in [5, 5.41) is 0.317. The average molecular weight is 338 g/mol. The van der Waals surface area contributed by atoms with Gasteiger partial charge < -0.3 is 0 Å². The van der Waals surface area contributed by atoms with Crippen LogP contribution in [0.3, 0.4) is 0 Å². The van der Waals surface area contributed by atoms with E-state index in [0.717, 1.165) is 8.95 Å². The van der Waals surface area contributed by atoms with Crippen molar-refractivity contribution in [3.63, 3.8) is 0 Å². The monoisotopic (exact) mass is 336 g/mol. The van der Waals surface area contributed by atoms with Gasteiger partial charge in [0.2, 0.25) is 0 Å². The highest BCUT2D eigenvalue weighted by molar-refractivity contribution is 9.11. The Hall–Kier alpha value is -0.390. The van der Waals surface area contributed by atoms with E-state index in [0.29, 0.717) is 17.1 Å². The standard InChI is InChI=1S/C8H3Br2ClN2O/c9-4-1-5(10)8-12-6(3-14)7(11)13(8)2-4/h1-3H. The number of imidazole rings is 1. The van der Waals surface area contributed by atoms with Crippen LogP contribution in [0.25, 0.3) is 5.65 Å². The summed E-state index contributed by atoms with van der Waals surface area (Å²) in [4.78, 5) is 14.7. The maximum atomic E-state index is 10.6. The molecule has 0 atom stereocenters. The van der Waals surface area contributed by atoms with Crippen LogP contribution in [0.2, 0.25) is 5.15 Å². The fraction of sp³-hybridized carbons (Fsp3) is 0. The molecule has 0 unspecified atom stereocenters. The number of rotatable bonds is 1. The molecule has 0 aliphatic carbocycles. The van der Waals surface area contributed by atoms with E-state index in [2.05, 4.69) is 36.8 Å². The van der Waals surface area contributed by atoms with E-state index in [1.807, 2.05) is 6.07 Å². The molecule has 0 spiro atoms. The molecule has 2 aromatic heterocycles. The minimum Gasteiger partial charge on any atom is -0.296 e. The molecule has 0 saturated heterocycles. The largest absolute Gasteiger partial charge is 0.296 e. The van der Waals surface area contributed by atoms with E-state index in [1.54, 1.807) is 10.6 Å². The number of pyridine rings is 1. The van der Waals surface area contributed by atoms with E-state index >= 15 is 0 Å². The van der Waals surface area contributed by atoms with E-state index < -0.39 is 0 Å². The van der Waals surface area contributed by atoms with Crippen LogP contribution in [0, 0.1) is 0 Å². The number of hydrogen-bond donors (Lipinski definition) is 0. The number of fused-ring (bicyclic) bond motifs is 1. The second-order valence-electron chi connectivity index (χ2n) is 2.61. The van der Waals surface area contributed by atoms with Crippen molar-refractivity contribution in [3.8, 4) is 0 Å². The van der Waals surface area contributed by atoms with Crippen LogP contribution in [0.1, 0.15) is 10.5 Å². The van der Waals surface area contributed by atoms with Crippen molar-refractivity contribution in [3.05, 3.63) is 32.1 Å². The first-order valence-corrected chi connectivity index (χ1v) is 5.57. The molecule has 2 rings (SSSR count). The summed E-state index contributed by atoms with van der Waals surface area (Å²) >= 11 is 12.6. The summed E-state index contributed by atoms with van der Waals surface area (Å²) in [5.74, 6) is 0. The summed E-state index contributed by atoms with van der Waals surface area (Å²) in [6, 6.07) is 1.84. The number of aromatic nitrogens is 2. The molecule has 0 N–H and O–H groups in total. The zero-order chi connectivity index (χ0) is 10.3. The molecule has 2 heterocycles. The zero-order valence-electron chi connectivity index (χ0n) is 6.67. The predicted octanol–water partition coefficient (Wildman–Crippen LogP) is 3.33. The van der Waals surface area contributed by atoms with Crippen molar-refractivity contribution < 1.29 is 4.79 Å². The molecule has 3 nitrogen and oxygen atoms in total. The van der Waals surface area contributed by atoms with Crippen LogP contribution in [-0.4, -0.2) is 15.7 Å². The molecule has 14 heavy (non-hydrogen) atoms. The first kappa shape index (κ1) is 10.1. The highest BCUT2D eigenvalue weighted by atomic mass is 79.9. The lowest BCUT2D eigenvalue weighted by atomic mass is 10.5. The van der Waals surface area contributed by atoms with Gasteiger partial charge in [0.05, 0.1) is 4.47 Å². The minimum atomic E-state index is 0.241. The molecule has 0 radical (unpaired) electrons. The zero-order valence-corrected chi connectivity index (χ0v) is 10.6. The molecule has 0 fully saturated rings. The van der Waals surface area contributed by atoms with E-state index in [9.17, 15) is 4.79 Å². The molecule has 72 valence electrons. The van der Waals surface area contributed by atoms with Gasteiger partial charge in [-0.1, -0.05) is 11.6 Å². The number of hydrogen-bond acceptors (Lipinski definition) is 2. The summed E-state index contributed by atoms with van der Waals surface area (Å²) < 4.78 is 3.27. The van der Waals surface area contributed by atoms with E-state index in [1.165, 1.54) is 0 Å². The van der Waals surface area contributed by atoms with Crippen molar-refractivity contribution in [2.24, 2.45) is 0 Å². The molecular weight excluding hydrogens is 335 g/mol. The molecule has 0 aromatic carbocycles. The number of carbonyl (C=O) groups is 1. The SMILES string of the molecule is O=Cc1nc2c(Br)cc(Br)cn2c1Cl. The third-order valence-corrected chi connectivity index (χ3v) is 3.11. The molecule has 6 heteroatoms. The summed E-state index contributed by atoms with van der Waals surface area (Å²) in [6.45, 7) is 0. The minimum absolute atomic E-state index is 0.241. The third-order valence-electron chi connectivity index (χ3n) is 1.72. The second-order valence-corrected chi connectivity index (χ2v) is 4.73. The Morgan fingerprint density at radius 3 is 2.86 bits per heavy atom. The highest BCUT2D eigenvalue weighted by Gasteiger charge is 2.11. The Morgan fingerprint density at radius 1 is 1.50 bits per heavy atom. The lowest BCUT2D eigenvalue weighted by molar-refractivity contribution is 0.111. The second kappa shape index (κ2) is 3.64. The predicted molar refractivity (Wildman–Crippen MR) is 61.0 cm³/mol. The Morgan fingerprint density at radius 2 is 2.21 bits per heavy atom. The van der Waals surface area contributed by atoms with Crippen molar-refractivity contribution in [2.45, 2.75) is 0 Å². The van der Waals surface area contributed by atoms with Gasteiger partial charge >= 0.3 is 0 Å². The molecule has 2 aromatic rings. The van der Waals surface area contributed by atoms with Gasteiger partial charge in [0.25, 0.3) is 0 Å². The fourth-order valence-electron chi connectivity index (χ4n) is 1.14. The van der Waals surface area contributed by atoms with E-state index in [-0.39, 0.29) is 5.69 Å². The van der Waals surface area contributed by atoms with Gasteiger partial charge in [-0.25, -0.2) is 4.98 Å². The van der Waals surface area contributed by atoms with Crippen LogP contribution in [0.15, 0.2) is 21.2 Å². The summed E-state index contributed by atoms with van der Waals surface area (Å²) in [7, 11) is 0. The molecule has 0 aliphatic rings. The van der Waals surface area contributed by atoms with Crippen molar-refractivity contribution in [1.82, 2.24) is 9.38 Å². The van der Waals surface area contributed by atoms with Gasteiger partial charge in [-0.3, -0.25) is 9.20 Å². The van der Waals surface area contributed by atoms with Gasteiger partial charge in [-0.05, 0) is 37.9 Å². The van der Waals surface area contributed by atoms with Gasteiger partial charge in [-0.2, -0.15) is 0 Å². The Kier molecular flexibility index (Phi) is 2.64. The smallest absolute Gasteiger partial charge is 0.171 e. The summed E-state index contributed by atoms with van der Waals surface area (Å²) in [6.07, 6.45) is 2.39. The van der Waals surface area contributed by atoms with Gasteiger partial charge in [0.15, 0.2) is 11.9 Å². The number of aldehydes is 1. The van der Waals surface area contributed by atoms with Crippen molar-refractivity contribution in [2.75, 3.05) is 0 Å². The fourth-order valence-corrected chi connectivity index (χ4v) is 2.62. The number of nitrogens with zero attached hydrogens (tertiary/aromatic N) is 2. The number of halogens is 3. The lowest BCUT2D eigenvalue weighted by Gasteiger charge is -1.98. The quantitative estimate of drug-likeness (QED) is 0.748. The van der Waals surface area contributed by atoms with Gasteiger partial charge in [-0.15, -0.1) is 0 Å². The third kappa shape index (κ3) is 1.49. The molecular formula is C8H3Br2ClN2O. The molecule has 0 aliphatic heterocycles.